The second-order valence-corrected chi connectivity index (χ2v) is 9.33. The highest BCUT2D eigenvalue weighted by molar-refractivity contribution is 7.80. The van der Waals surface area contributed by atoms with E-state index in [9.17, 15) is 0 Å². The number of benzene rings is 2. The monoisotopic (exact) mass is 502 g/mol. The second-order valence-electron chi connectivity index (χ2n) is 8.54. The van der Waals surface area contributed by atoms with Crippen molar-refractivity contribution in [2.24, 2.45) is 0 Å². The van der Waals surface area contributed by atoms with Gasteiger partial charge >= 0.3 is 0 Å². The Labute approximate surface area is 216 Å². The number of hydrogen-bond donors (Lipinski definition) is 1. The molecule has 1 fully saturated rings. The van der Waals surface area contributed by atoms with Crippen molar-refractivity contribution < 1.29 is 4.74 Å². The van der Waals surface area contributed by atoms with Crippen LogP contribution in [0.2, 0.25) is 5.02 Å². The number of nitrogens with one attached hydrogen (secondary N) is 1. The van der Waals surface area contributed by atoms with Gasteiger partial charge in [0.15, 0.2) is 5.11 Å². The number of thiocarbonyl (C=S) groups is 1. The maximum atomic E-state index is 6.60. The van der Waals surface area contributed by atoms with Gasteiger partial charge in [0.2, 0.25) is 0 Å². The number of anilines is 1. The number of para-hydroxylation sites is 1. The quantitative estimate of drug-likeness (QED) is 0.296. The van der Waals surface area contributed by atoms with E-state index in [2.05, 4.69) is 51.8 Å². The minimum atomic E-state index is -0.115. The van der Waals surface area contributed by atoms with Gasteiger partial charge in [-0.05, 0) is 93.1 Å². The molecule has 0 aliphatic carbocycles. The zero-order valence-corrected chi connectivity index (χ0v) is 21.5. The Balaban J connectivity index is 1.65. The summed E-state index contributed by atoms with van der Waals surface area (Å²) in [7, 11) is 0. The van der Waals surface area contributed by atoms with E-state index >= 15 is 0 Å². The van der Waals surface area contributed by atoms with E-state index in [0.717, 1.165) is 34.2 Å². The van der Waals surface area contributed by atoms with Gasteiger partial charge in [-0.3, -0.25) is 4.98 Å². The highest BCUT2D eigenvalue weighted by atomic mass is 35.5. The van der Waals surface area contributed by atoms with Crippen molar-refractivity contribution in [3.8, 4) is 11.4 Å². The minimum absolute atomic E-state index is 0.0993. The average Bonchev–Trinajstić information content (AvgIpc) is 3.36. The van der Waals surface area contributed by atoms with E-state index in [1.54, 1.807) is 0 Å². The first-order valence-electron chi connectivity index (χ1n) is 11.7. The Bertz CT molecular complexity index is 1350. The highest BCUT2D eigenvalue weighted by Gasteiger charge is 2.42. The van der Waals surface area contributed by atoms with Crippen LogP contribution in [0.5, 0.6) is 5.75 Å². The lowest BCUT2D eigenvalue weighted by Crippen LogP contribution is -2.29. The lowest BCUT2D eigenvalue weighted by molar-refractivity contribution is 0.340. The van der Waals surface area contributed by atoms with Crippen LogP contribution >= 0.6 is 23.8 Å². The van der Waals surface area contributed by atoms with Gasteiger partial charge in [-0.2, -0.15) is 0 Å². The third-order valence-electron chi connectivity index (χ3n) is 6.41. The van der Waals surface area contributed by atoms with E-state index in [-0.39, 0.29) is 12.1 Å². The molecule has 5 nitrogen and oxygen atoms in total. The molecular weight excluding hydrogens is 476 g/mol. The molecule has 2 atom stereocenters. The molecule has 5 rings (SSSR count). The third kappa shape index (κ3) is 4.28. The normalized spacial score (nSPS) is 17.5. The molecule has 0 radical (unpaired) electrons. The van der Waals surface area contributed by atoms with Crippen molar-refractivity contribution in [2.75, 3.05) is 11.5 Å². The molecular formula is C28H27ClN4OS. The summed E-state index contributed by atoms with van der Waals surface area (Å²) in [6, 6.07) is 24.0. The number of rotatable bonds is 6. The average molecular weight is 503 g/mol. The SMILES string of the molecule is CCOc1ccc(N2C(=S)N[C@@H](c3ccccn3)[C@H]2c2cc(C)n(-c3ccccc3Cl)c2C)cc1. The van der Waals surface area contributed by atoms with Gasteiger partial charge in [0.25, 0.3) is 0 Å². The van der Waals surface area contributed by atoms with Crippen molar-refractivity contribution in [1.29, 1.82) is 0 Å². The summed E-state index contributed by atoms with van der Waals surface area (Å²) in [4.78, 5) is 6.86. The molecule has 0 amide bonds. The molecule has 1 N–H and O–H groups in total. The Kier molecular flexibility index (Phi) is 6.50. The molecule has 0 unspecified atom stereocenters. The first kappa shape index (κ1) is 23.4. The number of hydrogen-bond acceptors (Lipinski definition) is 3. The summed E-state index contributed by atoms with van der Waals surface area (Å²) in [5.74, 6) is 0.837. The summed E-state index contributed by atoms with van der Waals surface area (Å²) in [5.41, 5.74) is 6.29. The van der Waals surface area contributed by atoms with E-state index in [4.69, 9.17) is 28.6 Å². The summed E-state index contributed by atoms with van der Waals surface area (Å²) >= 11 is 12.5. The summed E-state index contributed by atoms with van der Waals surface area (Å²) in [5, 5.41) is 4.92. The van der Waals surface area contributed by atoms with E-state index < -0.39 is 0 Å². The standard InChI is InChI=1S/C28H27ClN4OS/c1-4-34-21-14-12-20(13-15-21)33-27(26(31-28(33)35)24-10-7-8-16-30-24)22-17-18(2)32(19(22)3)25-11-6-5-9-23(25)29/h5-17,26-27H,4H2,1-3H3,(H,31,35)/t26-,27+/m0/s1. The second kappa shape index (κ2) is 9.72. The van der Waals surface area contributed by atoms with Crippen LogP contribution in [0.4, 0.5) is 5.69 Å². The molecule has 1 aliphatic rings. The Morgan fingerprint density at radius 3 is 2.46 bits per heavy atom. The number of nitrogens with zero attached hydrogens (tertiary/aromatic N) is 3. The molecule has 178 valence electrons. The fraction of sp³-hybridized carbons (Fsp3) is 0.214. The number of pyridine rings is 1. The van der Waals surface area contributed by atoms with Gasteiger partial charge in [-0.25, -0.2) is 0 Å². The lowest BCUT2D eigenvalue weighted by atomic mass is 9.96. The van der Waals surface area contributed by atoms with Crippen LogP contribution in [0, 0.1) is 13.8 Å². The molecule has 0 spiro atoms. The van der Waals surface area contributed by atoms with E-state index in [1.807, 2.05) is 67.7 Å². The topological polar surface area (TPSA) is 42.3 Å². The van der Waals surface area contributed by atoms with Crippen LogP contribution in [0.25, 0.3) is 5.69 Å². The fourth-order valence-corrected chi connectivity index (χ4v) is 5.48. The maximum Gasteiger partial charge on any atom is 0.174 e. The zero-order valence-electron chi connectivity index (χ0n) is 19.9. The highest BCUT2D eigenvalue weighted by Crippen LogP contribution is 2.44. The summed E-state index contributed by atoms with van der Waals surface area (Å²) in [6.45, 7) is 6.85. The van der Waals surface area contributed by atoms with Crippen molar-refractivity contribution >= 4 is 34.6 Å². The van der Waals surface area contributed by atoms with Gasteiger partial charge in [0.05, 0.1) is 35.1 Å². The van der Waals surface area contributed by atoms with Crippen LogP contribution < -0.4 is 15.0 Å². The molecule has 1 saturated heterocycles. The van der Waals surface area contributed by atoms with E-state index in [0.29, 0.717) is 16.7 Å². The molecule has 4 aromatic rings. The molecule has 2 aromatic heterocycles. The summed E-state index contributed by atoms with van der Waals surface area (Å²) in [6.07, 6.45) is 1.82. The van der Waals surface area contributed by atoms with Crippen molar-refractivity contribution in [3.05, 3.63) is 107 Å². The fourth-order valence-electron chi connectivity index (χ4n) is 4.91. The number of halogens is 1. The van der Waals surface area contributed by atoms with Gasteiger partial charge < -0.3 is 19.5 Å². The number of aromatic nitrogens is 2. The molecule has 0 saturated carbocycles. The Morgan fingerprint density at radius 1 is 1.03 bits per heavy atom. The van der Waals surface area contributed by atoms with Crippen LogP contribution in [0.1, 0.15) is 41.7 Å². The number of ether oxygens (including phenoxy) is 1. The first-order valence-corrected chi connectivity index (χ1v) is 12.5. The Hall–Kier alpha value is -3.35. The largest absolute Gasteiger partial charge is 0.494 e. The minimum Gasteiger partial charge on any atom is -0.494 e. The zero-order chi connectivity index (χ0) is 24.5. The molecule has 35 heavy (non-hydrogen) atoms. The molecule has 7 heteroatoms. The van der Waals surface area contributed by atoms with Gasteiger partial charge in [0, 0.05) is 23.3 Å². The predicted octanol–water partition coefficient (Wildman–Crippen LogP) is 6.72. The molecule has 3 heterocycles. The molecule has 1 aliphatic heterocycles. The van der Waals surface area contributed by atoms with Crippen molar-refractivity contribution in [3.63, 3.8) is 0 Å². The molecule has 2 aromatic carbocycles. The lowest BCUT2D eigenvalue weighted by Gasteiger charge is -2.28. The number of aryl methyl sites for hydroxylation is 1. The van der Waals surface area contributed by atoms with Crippen LogP contribution in [0.15, 0.2) is 79.0 Å². The van der Waals surface area contributed by atoms with Crippen LogP contribution in [0.3, 0.4) is 0 Å². The Morgan fingerprint density at radius 2 is 1.77 bits per heavy atom. The van der Waals surface area contributed by atoms with Crippen molar-refractivity contribution in [1.82, 2.24) is 14.9 Å². The van der Waals surface area contributed by atoms with E-state index in [1.165, 1.54) is 5.56 Å². The van der Waals surface area contributed by atoms with Gasteiger partial charge in [-0.15, -0.1) is 0 Å². The van der Waals surface area contributed by atoms with Gasteiger partial charge in [0.1, 0.15) is 5.75 Å². The third-order valence-corrected chi connectivity index (χ3v) is 7.04. The smallest absolute Gasteiger partial charge is 0.174 e. The van der Waals surface area contributed by atoms with Gasteiger partial charge in [-0.1, -0.05) is 29.8 Å². The molecule has 0 bridgehead atoms. The van der Waals surface area contributed by atoms with Crippen molar-refractivity contribution in [2.45, 2.75) is 32.9 Å². The maximum absolute atomic E-state index is 6.60. The summed E-state index contributed by atoms with van der Waals surface area (Å²) < 4.78 is 7.87. The van der Waals surface area contributed by atoms with Crippen LogP contribution in [-0.2, 0) is 0 Å². The van der Waals surface area contributed by atoms with Crippen LogP contribution in [-0.4, -0.2) is 21.3 Å². The first-order chi connectivity index (χ1) is 17.0. The predicted molar refractivity (Wildman–Crippen MR) is 146 cm³/mol.